The number of nitrogens with zero attached hydrogens (tertiary/aromatic N) is 3. The highest BCUT2D eigenvalue weighted by molar-refractivity contribution is 6.09. The summed E-state index contributed by atoms with van der Waals surface area (Å²) in [5.74, 6) is 2.31. The van der Waals surface area contributed by atoms with Crippen LogP contribution in [0.2, 0.25) is 0 Å². The Hall–Kier alpha value is -7.96. The van der Waals surface area contributed by atoms with Crippen molar-refractivity contribution in [2.24, 2.45) is 0 Å². The fourth-order valence-electron chi connectivity index (χ4n) is 7.93. The normalized spacial score (nSPS) is 11.1. The lowest BCUT2D eigenvalue weighted by molar-refractivity contribution is 0.483. The summed E-state index contributed by atoms with van der Waals surface area (Å²) in [6, 6.07) is 64.9. The molecule has 0 spiro atoms. The Morgan fingerprint density at radius 3 is 1.81 bits per heavy atom. The Morgan fingerprint density at radius 2 is 1.08 bits per heavy atom. The van der Waals surface area contributed by atoms with Crippen LogP contribution < -0.4 is 15.4 Å². The minimum absolute atomic E-state index is 0.721. The van der Waals surface area contributed by atoms with Gasteiger partial charge in [0.05, 0.1) is 28.1 Å². The molecule has 6 nitrogen and oxygen atoms in total. The van der Waals surface area contributed by atoms with Gasteiger partial charge in [-0.25, -0.2) is 4.98 Å². The summed E-state index contributed by atoms with van der Waals surface area (Å²) in [6.45, 7) is 2.13. The van der Waals surface area contributed by atoms with Crippen LogP contribution in [0.15, 0.2) is 207 Å². The number of nitrogens with one attached hydrogen (secondary N) is 2. The largest absolute Gasteiger partial charge is 0.457 e. The number of aryl methyl sites for hydroxylation is 1. The van der Waals surface area contributed by atoms with Gasteiger partial charge in [0.1, 0.15) is 17.3 Å². The van der Waals surface area contributed by atoms with Crippen LogP contribution in [0.5, 0.6) is 11.5 Å². The number of aromatic nitrogens is 3. The van der Waals surface area contributed by atoms with Gasteiger partial charge in [0.15, 0.2) is 0 Å². The maximum absolute atomic E-state index is 6.61. The number of hydrogen-bond acceptors (Lipinski definition) is 5. The Balaban J connectivity index is 0.964. The third-order valence-electron chi connectivity index (χ3n) is 10.7. The fourth-order valence-corrected chi connectivity index (χ4v) is 7.93. The van der Waals surface area contributed by atoms with Crippen molar-refractivity contribution >= 4 is 44.6 Å². The zero-order valence-electron chi connectivity index (χ0n) is 32.4. The van der Waals surface area contributed by atoms with Gasteiger partial charge in [0.2, 0.25) is 0 Å². The zero-order valence-corrected chi connectivity index (χ0v) is 32.4. The van der Waals surface area contributed by atoms with Crippen molar-refractivity contribution in [3.05, 3.63) is 212 Å². The molecule has 2 N–H and O–H groups in total. The van der Waals surface area contributed by atoms with Crippen LogP contribution in [-0.4, -0.2) is 14.5 Å². The van der Waals surface area contributed by atoms with Crippen LogP contribution >= 0.6 is 0 Å². The molecule has 10 aromatic rings. The molecule has 0 unspecified atom stereocenters. The van der Waals surface area contributed by atoms with Crippen molar-refractivity contribution in [2.45, 2.75) is 6.92 Å². The van der Waals surface area contributed by atoms with E-state index in [1.54, 1.807) is 0 Å². The van der Waals surface area contributed by atoms with E-state index in [2.05, 4.69) is 173 Å². The van der Waals surface area contributed by atoms with Crippen molar-refractivity contribution in [2.75, 3.05) is 10.6 Å². The summed E-state index contributed by atoms with van der Waals surface area (Å²) in [6.07, 6.45) is 5.58. The molecule has 282 valence electrons. The highest BCUT2D eigenvalue weighted by Gasteiger charge is 2.17. The van der Waals surface area contributed by atoms with Gasteiger partial charge in [-0.15, -0.1) is 0 Å². The zero-order chi connectivity index (χ0) is 39.5. The van der Waals surface area contributed by atoms with Crippen LogP contribution in [0.3, 0.4) is 0 Å². The lowest BCUT2D eigenvalue weighted by atomic mass is 9.95. The van der Waals surface area contributed by atoms with Crippen molar-refractivity contribution in [1.82, 2.24) is 14.5 Å². The number of hydrogen-bond donors (Lipinski definition) is 2. The number of fused-ring (bicyclic) bond motifs is 3. The Morgan fingerprint density at radius 1 is 0.475 bits per heavy atom. The average Bonchev–Trinajstić information content (AvgIpc) is 3.61. The van der Waals surface area contributed by atoms with Gasteiger partial charge >= 0.3 is 0 Å². The molecule has 0 atom stereocenters. The van der Waals surface area contributed by atoms with E-state index in [4.69, 9.17) is 9.72 Å². The predicted octanol–water partition coefficient (Wildman–Crippen LogP) is 14.2. The molecule has 0 saturated heterocycles. The molecule has 0 saturated carbocycles. The number of pyridine rings is 2. The lowest BCUT2D eigenvalue weighted by Gasteiger charge is -2.20. The number of anilines is 4. The van der Waals surface area contributed by atoms with E-state index in [0.717, 1.165) is 101 Å². The topological polar surface area (TPSA) is 64.0 Å². The summed E-state index contributed by atoms with van der Waals surface area (Å²) >= 11 is 0. The SMILES string of the molecule is Cc1cc(-n2c3ccccc3c3ccc(Oc4cccc(Nc5ccccc5Nc5c(-c6ccccc6)cccc5-c5ccccc5)c4)cc32)ncc1-c1ccncc1. The molecular formula is C53H39N5O. The first kappa shape index (κ1) is 35.5. The van der Waals surface area contributed by atoms with Crippen LogP contribution in [0.25, 0.3) is 61.0 Å². The first-order valence-electron chi connectivity index (χ1n) is 19.7. The quantitative estimate of drug-likeness (QED) is 0.145. The first-order chi connectivity index (χ1) is 29.2. The second kappa shape index (κ2) is 15.5. The summed E-state index contributed by atoms with van der Waals surface area (Å²) in [4.78, 5) is 9.17. The van der Waals surface area contributed by atoms with Gasteiger partial charge in [-0.05, 0) is 89.8 Å². The molecule has 3 heterocycles. The summed E-state index contributed by atoms with van der Waals surface area (Å²) < 4.78 is 8.84. The van der Waals surface area contributed by atoms with Gasteiger partial charge in [-0.3, -0.25) is 9.55 Å². The molecule has 7 aromatic carbocycles. The summed E-state index contributed by atoms with van der Waals surface area (Å²) in [5, 5.41) is 9.81. The van der Waals surface area contributed by atoms with E-state index in [1.807, 2.05) is 61.1 Å². The minimum Gasteiger partial charge on any atom is -0.457 e. The molecule has 0 radical (unpaired) electrons. The molecule has 0 aliphatic carbocycles. The Kier molecular flexibility index (Phi) is 9.33. The number of rotatable bonds is 10. The molecular weight excluding hydrogens is 723 g/mol. The van der Waals surface area contributed by atoms with Crippen LogP contribution in [0.4, 0.5) is 22.7 Å². The van der Waals surface area contributed by atoms with E-state index in [9.17, 15) is 0 Å². The summed E-state index contributed by atoms with van der Waals surface area (Å²) in [5.41, 5.74) is 13.8. The fraction of sp³-hybridized carbons (Fsp3) is 0.0189. The van der Waals surface area contributed by atoms with Crippen molar-refractivity contribution in [3.63, 3.8) is 0 Å². The van der Waals surface area contributed by atoms with E-state index >= 15 is 0 Å². The third kappa shape index (κ3) is 7.04. The number of benzene rings is 7. The molecule has 0 amide bonds. The average molecular weight is 762 g/mol. The number of ether oxygens (including phenoxy) is 1. The molecule has 59 heavy (non-hydrogen) atoms. The van der Waals surface area contributed by atoms with Gasteiger partial charge in [-0.2, -0.15) is 0 Å². The molecule has 0 bridgehead atoms. The molecule has 0 aliphatic heterocycles. The third-order valence-corrected chi connectivity index (χ3v) is 10.7. The second-order valence-corrected chi connectivity index (χ2v) is 14.5. The van der Waals surface area contributed by atoms with Gasteiger partial charge in [0, 0.05) is 63.9 Å². The standard InChI is InChI=1S/C53H39N5O/c1-36-32-52(55-35-47(36)39-28-30-54-31-29-39)58-50-25-11-8-20-45(50)46-27-26-42(34-51(46)58)59-41-19-12-18-40(33-41)56-48-23-9-10-24-49(48)57-53-43(37-14-4-2-5-15-37)21-13-22-44(53)38-16-6-3-7-17-38/h2-35,56-57H,1H3. The molecule has 0 fully saturated rings. The highest BCUT2D eigenvalue weighted by atomic mass is 16.5. The monoisotopic (exact) mass is 761 g/mol. The van der Waals surface area contributed by atoms with Gasteiger partial charge in [0.25, 0.3) is 0 Å². The minimum atomic E-state index is 0.721. The van der Waals surface area contributed by atoms with E-state index in [1.165, 1.54) is 0 Å². The van der Waals surface area contributed by atoms with E-state index in [-0.39, 0.29) is 0 Å². The van der Waals surface area contributed by atoms with Crippen LogP contribution in [0.1, 0.15) is 5.56 Å². The maximum Gasteiger partial charge on any atom is 0.137 e. The highest BCUT2D eigenvalue weighted by Crippen LogP contribution is 2.41. The van der Waals surface area contributed by atoms with Gasteiger partial charge in [-0.1, -0.05) is 115 Å². The summed E-state index contributed by atoms with van der Waals surface area (Å²) in [7, 11) is 0. The molecule has 6 heteroatoms. The van der Waals surface area contributed by atoms with Crippen LogP contribution in [-0.2, 0) is 0 Å². The van der Waals surface area contributed by atoms with Crippen LogP contribution in [0, 0.1) is 6.92 Å². The Labute approximate surface area is 343 Å². The molecule has 10 rings (SSSR count). The van der Waals surface area contributed by atoms with Gasteiger partial charge < -0.3 is 15.4 Å². The Bertz CT molecular complexity index is 3030. The second-order valence-electron chi connectivity index (χ2n) is 14.5. The van der Waals surface area contributed by atoms with Crippen molar-refractivity contribution in [1.29, 1.82) is 0 Å². The van der Waals surface area contributed by atoms with E-state index < -0.39 is 0 Å². The van der Waals surface area contributed by atoms with Crippen molar-refractivity contribution < 1.29 is 4.74 Å². The van der Waals surface area contributed by atoms with Crippen molar-refractivity contribution in [3.8, 4) is 50.7 Å². The lowest BCUT2D eigenvalue weighted by Crippen LogP contribution is -2.01. The van der Waals surface area contributed by atoms with E-state index in [0.29, 0.717) is 0 Å². The smallest absolute Gasteiger partial charge is 0.137 e. The maximum atomic E-state index is 6.61. The molecule has 0 aliphatic rings. The number of para-hydroxylation sites is 4. The predicted molar refractivity (Wildman–Crippen MR) is 243 cm³/mol. The molecule has 3 aromatic heterocycles. The first-order valence-corrected chi connectivity index (χ1v) is 19.7.